The zero-order valence-corrected chi connectivity index (χ0v) is 16.4. The molecule has 0 radical (unpaired) electrons. The van der Waals surface area contributed by atoms with E-state index < -0.39 is 5.41 Å². The third kappa shape index (κ3) is 3.61. The van der Waals surface area contributed by atoms with Gasteiger partial charge in [0.25, 0.3) is 0 Å². The summed E-state index contributed by atoms with van der Waals surface area (Å²) < 4.78 is 0. The minimum atomic E-state index is -0.843. The molecule has 0 spiro atoms. The summed E-state index contributed by atoms with van der Waals surface area (Å²) in [6.07, 6.45) is 2.74. The summed E-state index contributed by atoms with van der Waals surface area (Å²) in [4.78, 5) is 29.9. The van der Waals surface area contributed by atoms with Gasteiger partial charge in [0.15, 0.2) is 0 Å². The first-order valence-electron chi connectivity index (χ1n) is 9.65. The van der Waals surface area contributed by atoms with E-state index in [0.717, 1.165) is 36.2 Å². The number of amides is 2. The number of hydrogen-bond donors (Lipinski definition) is 0. The number of hydrogen-bond acceptors (Lipinski definition) is 2. The first kappa shape index (κ1) is 19.2. The fraction of sp³-hybridized carbons (Fsp3) is 0.391. The van der Waals surface area contributed by atoms with Crippen LogP contribution in [0, 0.1) is 0 Å². The molecule has 0 fully saturated rings. The average Bonchev–Trinajstić information content (AvgIpc) is 2.89. The highest BCUT2D eigenvalue weighted by Gasteiger charge is 2.51. The lowest BCUT2D eigenvalue weighted by Gasteiger charge is -2.30. The van der Waals surface area contributed by atoms with E-state index >= 15 is 0 Å². The number of likely N-dealkylation sites (N-methyl/N-ethyl adjacent to an activating group) is 1. The van der Waals surface area contributed by atoms with Crippen molar-refractivity contribution in [2.75, 3.05) is 25.5 Å². The molecular formula is C23H28N2O2. The van der Waals surface area contributed by atoms with Gasteiger partial charge in [0.2, 0.25) is 11.8 Å². The second-order valence-electron chi connectivity index (χ2n) is 7.47. The van der Waals surface area contributed by atoms with Crippen LogP contribution >= 0.6 is 0 Å². The molecule has 0 aliphatic carbocycles. The Hall–Kier alpha value is -2.62. The van der Waals surface area contributed by atoms with Crippen LogP contribution in [-0.4, -0.2) is 37.4 Å². The molecule has 0 bridgehead atoms. The van der Waals surface area contributed by atoms with Gasteiger partial charge in [-0.25, -0.2) is 0 Å². The van der Waals surface area contributed by atoms with Crippen LogP contribution in [0.1, 0.15) is 37.3 Å². The smallest absolute Gasteiger partial charge is 0.238 e. The Morgan fingerprint density at radius 2 is 1.74 bits per heavy atom. The molecule has 0 aromatic heterocycles. The Kier molecular flexibility index (Phi) is 5.64. The van der Waals surface area contributed by atoms with Crippen LogP contribution in [0.25, 0.3) is 0 Å². The lowest BCUT2D eigenvalue weighted by atomic mass is 9.73. The first-order chi connectivity index (χ1) is 13.0. The minimum absolute atomic E-state index is 0.00444. The standard InChI is InChI=1S/C23H28N2O2/c1-4-5-15-24(2)21(26)17-23(16-18-11-7-6-8-12-18)19-13-9-10-14-20(19)25(3)22(23)27/h6-14H,4-5,15-17H2,1-3H3/t23-/m1/s1. The van der Waals surface area contributed by atoms with Crippen LogP contribution in [-0.2, 0) is 21.4 Å². The Balaban J connectivity index is 2.00. The fourth-order valence-electron chi connectivity index (χ4n) is 3.98. The summed E-state index contributed by atoms with van der Waals surface area (Å²) in [5.74, 6) is 0.0302. The van der Waals surface area contributed by atoms with E-state index in [1.165, 1.54) is 0 Å². The highest BCUT2D eigenvalue weighted by Crippen LogP contribution is 2.45. The normalized spacial score (nSPS) is 18.5. The van der Waals surface area contributed by atoms with Crippen molar-refractivity contribution in [2.45, 2.75) is 38.0 Å². The molecule has 4 nitrogen and oxygen atoms in total. The summed E-state index contributed by atoms with van der Waals surface area (Å²) in [5.41, 5.74) is 2.09. The number of unbranched alkanes of at least 4 members (excludes halogenated alkanes) is 1. The molecule has 0 N–H and O–H groups in total. The van der Waals surface area contributed by atoms with Gasteiger partial charge in [0, 0.05) is 32.7 Å². The van der Waals surface area contributed by atoms with E-state index in [2.05, 4.69) is 6.92 Å². The number of benzene rings is 2. The van der Waals surface area contributed by atoms with E-state index in [1.807, 2.05) is 61.6 Å². The predicted molar refractivity (Wildman–Crippen MR) is 109 cm³/mol. The molecule has 2 aromatic carbocycles. The van der Waals surface area contributed by atoms with Crippen molar-refractivity contribution in [3.8, 4) is 0 Å². The minimum Gasteiger partial charge on any atom is -0.346 e. The molecule has 2 amide bonds. The highest BCUT2D eigenvalue weighted by molar-refractivity contribution is 6.09. The van der Waals surface area contributed by atoms with Gasteiger partial charge in [-0.1, -0.05) is 61.9 Å². The zero-order valence-electron chi connectivity index (χ0n) is 16.4. The van der Waals surface area contributed by atoms with Gasteiger partial charge >= 0.3 is 0 Å². The molecular weight excluding hydrogens is 336 g/mol. The van der Waals surface area contributed by atoms with Gasteiger partial charge in [-0.3, -0.25) is 9.59 Å². The number of fused-ring (bicyclic) bond motifs is 1. The molecule has 1 aliphatic heterocycles. The fourth-order valence-corrected chi connectivity index (χ4v) is 3.98. The van der Waals surface area contributed by atoms with Crippen molar-refractivity contribution in [1.29, 1.82) is 0 Å². The van der Waals surface area contributed by atoms with Gasteiger partial charge in [0.1, 0.15) is 0 Å². The molecule has 1 aliphatic rings. The van der Waals surface area contributed by atoms with E-state index in [-0.39, 0.29) is 18.2 Å². The van der Waals surface area contributed by atoms with Crippen LogP contribution in [0.15, 0.2) is 54.6 Å². The van der Waals surface area contributed by atoms with Gasteiger partial charge in [0.05, 0.1) is 5.41 Å². The third-order valence-electron chi connectivity index (χ3n) is 5.57. The second-order valence-corrected chi connectivity index (χ2v) is 7.47. The van der Waals surface area contributed by atoms with Gasteiger partial charge < -0.3 is 9.80 Å². The highest BCUT2D eigenvalue weighted by atomic mass is 16.2. The number of para-hydroxylation sites is 1. The number of anilines is 1. The van der Waals surface area contributed by atoms with Crippen LogP contribution in [0.5, 0.6) is 0 Å². The number of carbonyl (C=O) groups is 2. The van der Waals surface area contributed by atoms with Crippen molar-refractivity contribution >= 4 is 17.5 Å². The topological polar surface area (TPSA) is 40.6 Å². The molecule has 0 saturated carbocycles. The maximum atomic E-state index is 13.4. The summed E-state index contributed by atoms with van der Waals surface area (Å²) in [7, 11) is 3.64. The van der Waals surface area contributed by atoms with Gasteiger partial charge in [-0.05, 0) is 30.0 Å². The monoisotopic (exact) mass is 364 g/mol. The number of carbonyl (C=O) groups excluding carboxylic acids is 2. The van der Waals surface area contributed by atoms with Crippen molar-refractivity contribution in [2.24, 2.45) is 0 Å². The SMILES string of the molecule is CCCCN(C)C(=O)C[C@@]1(Cc2ccccc2)C(=O)N(C)c2ccccc21. The van der Waals surface area contributed by atoms with Crippen LogP contribution in [0.4, 0.5) is 5.69 Å². The molecule has 2 aromatic rings. The van der Waals surface area contributed by atoms with Crippen molar-refractivity contribution < 1.29 is 9.59 Å². The molecule has 0 unspecified atom stereocenters. The Morgan fingerprint density at radius 3 is 2.44 bits per heavy atom. The molecule has 27 heavy (non-hydrogen) atoms. The van der Waals surface area contributed by atoms with Crippen LogP contribution < -0.4 is 4.90 Å². The Labute approximate surface area is 161 Å². The van der Waals surface area contributed by atoms with Crippen molar-refractivity contribution in [3.05, 3.63) is 65.7 Å². The summed E-state index contributed by atoms with van der Waals surface area (Å²) in [5, 5.41) is 0. The van der Waals surface area contributed by atoms with E-state index in [0.29, 0.717) is 6.42 Å². The second kappa shape index (κ2) is 7.95. The molecule has 142 valence electrons. The molecule has 4 heteroatoms. The molecule has 3 rings (SSSR count). The van der Waals surface area contributed by atoms with E-state index in [4.69, 9.17) is 0 Å². The summed E-state index contributed by atoms with van der Waals surface area (Å²) in [6.45, 7) is 2.84. The number of nitrogens with zero attached hydrogens (tertiary/aromatic N) is 2. The quantitative estimate of drug-likeness (QED) is 0.750. The first-order valence-corrected chi connectivity index (χ1v) is 9.65. The summed E-state index contributed by atoms with van der Waals surface area (Å²) >= 11 is 0. The lowest BCUT2D eigenvalue weighted by molar-refractivity contribution is -0.135. The zero-order chi connectivity index (χ0) is 19.4. The maximum absolute atomic E-state index is 13.4. The maximum Gasteiger partial charge on any atom is 0.238 e. The van der Waals surface area contributed by atoms with E-state index in [1.54, 1.807) is 16.8 Å². The average molecular weight is 364 g/mol. The number of rotatable bonds is 7. The Morgan fingerprint density at radius 1 is 1.07 bits per heavy atom. The summed E-state index contributed by atoms with van der Waals surface area (Å²) in [6, 6.07) is 17.8. The van der Waals surface area contributed by atoms with Crippen molar-refractivity contribution in [1.82, 2.24) is 4.90 Å². The van der Waals surface area contributed by atoms with Gasteiger partial charge in [-0.2, -0.15) is 0 Å². The predicted octanol–water partition coefficient (Wildman–Crippen LogP) is 3.79. The third-order valence-corrected chi connectivity index (χ3v) is 5.57. The Bertz CT molecular complexity index is 818. The van der Waals surface area contributed by atoms with Crippen molar-refractivity contribution in [3.63, 3.8) is 0 Å². The molecule has 0 saturated heterocycles. The lowest BCUT2D eigenvalue weighted by Crippen LogP contribution is -2.45. The van der Waals surface area contributed by atoms with Gasteiger partial charge in [-0.15, -0.1) is 0 Å². The largest absolute Gasteiger partial charge is 0.346 e. The molecule has 1 heterocycles. The van der Waals surface area contributed by atoms with Crippen LogP contribution in [0.3, 0.4) is 0 Å². The molecule has 1 atom stereocenters. The van der Waals surface area contributed by atoms with Crippen LogP contribution in [0.2, 0.25) is 0 Å². The van der Waals surface area contributed by atoms with E-state index in [9.17, 15) is 9.59 Å².